The summed E-state index contributed by atoms with van der Waals surface area (Å²) in [6.07, 6.45) is 0.781. The van der Waals surface area contributed by atoms with Crippen LogP contribution in [0.1, 0.15) is 17.2 Å². The molecule has 0 fully saturated rings. The topological polar surface area (TPSA) is 12.0 Å². The summed E-state index contributed by atoms with van der Waals surface area (Å²) in [5, 5.41) is 5.40. The van der Waals surface area contributed by atoms with Crippen LogP contribution in [0.15, 0.2) is 36.4 Å². The van der Waals surface area contributed by atoms with Gasteiger partial charge in [-0.3, -0.25) is 0 Å². The molecule has 0 bridgehead atoms. The van der Waals surface area contributed by atoms with Gasteiger partial charge in [0.15, 0.2) is 0 Å². The van der Waals surface area contributed by atoms with E-state index in [1.54, 1.807) is 6.07 Å². The molecular weight excluding hydrogens is 427 g/mol. The Morgan fingerprint density at radius 2 is 1.70 bits per heavy atom. The van der Waals surface area contributed by atoms with Gasteiger partial charge in [0.2, 0.25) is 0 Å². The quantitative estimate of drug-likeness (QED) is 0.597. The van der Waals surface area contributed by atoms with Crippen molar-refractivity contribution in [1.82, 2.24) is 5.32 Å². The fraction of sp³-hybridized carbons (Fsp3) is 0.200. The molecule has 20 heavy (non-hydrogen) atoms. The van der Waals surface area contributed by atoms with E-state index in [2.05, 4.69) is 27.9 Å². The first-order chi connectivity index (χ1) is 9.51. The number of likely N-dealkylation sites (N-methyl/N-ethyl adjacent to an activating group) is 1. The van der Waals surface area contributed by atoms with Gasteiger partial charge in [-0.15, -0.1) is 0 Å². The number of nitrogens with one attached hydrogen (secondary N) is 1. The van der Waals surface area contributed by atoms with E-state index in [-0.39, 0.29) is 6.04 Å². The van der Waals surface area contributed by atoms with Crippen molar-refractivity contribution in [3.8, 4) is 0 Å². The van der Waals surface area contributed by atoms with E-state index in [0.717, 1.165) is 17.0 Å². The molecule has 1 atom stereocenters. The lowest BCUT2D eigenvalue weighted by atomic mass is 9.99. The maximum Gasteiger partial charge on any atom is 0.0453 e. The predicted molar refractivity (Wildman–Crippen MR) is 96.1 cm³/mol. The molecular formula is C15H13Cl3IN. The molecule has 0 amide bonds. The van der Waals surface area contributed by atoms with Gasteiger partial charge >= 0.3 is 0 Å². The standard InChI is InChI=1S/C15H13Cl3IN/c1-20-15(12-7-10(16)4-5-14(12)19)6-9-2-3-11(17)8-13(9)18/h2-5,7-8,15,20H,6H2,1H3. The van der Waals surface area contributed by atoms with E-state index in [9.17, 15) is 0 Å². The molecule has 2 aromatic rings. The summed E-state index contributed by atoms with van der Waals surface area (Å²) < 4.78 is 1.18. The molecule has 0 spiro atoms. The lowest BCUT2D eigenvalue weighted by Crippen LogP contribution is -2.20. The molecule has 2 rings (SSSR count). The second-order valence-electron chi connectivity index (χ2n) is 4.45. The van der Waals surface area contributed by atoms with Crippen LogP contribution < -0.4 is 5.32 Å². The molecule has 5 heteroatoms. The normalized spacial score (nSPS) is 12.4. The van der Waals surface area contributed by atoms with Crippen LogP contribution in [0, 0.1) is 3.57 Å². The minimum absolute atomic E-state index is 0.152. The maximum atomic E-state index is 6.25. The summed E-state index contributed by atoms with van der Waals surface area (Å²) >= 11 is 20.6. The Balaban J connectivity index is 2.31. The fourth-order valence-electron chi connectivity index (χ4n) is 2.06. The summed E-state index contributed by atoms with van der Waals surface area (Å²) in [7, 11) is 1.94. The molecule has 0 aliphatic heterocycles. The van der Waals surface area contributed by atoms with Crippen LogP contribution in [-0.4, -0.2) is 7.05 Å². The van der Waals surface area contributed by atoms with Gasteiger partial charge in [-0.05, 0) is 77.5 Å². The van der Waals surface area contributed by atoms with Crippen molar-refractivity contribution in [3.63, 3.8) is 0 Å². The molecule has 0 radical (unpaired) electrons. The van der Waals surface area contributed by atoms with Gasteiger partial charge < -0.3 is 5.32 Å². The minimum atomic E-state index is 0.152. The molecule has 0 saturated carbocycles. The summed E-state index contributed by atoms with van der Waals surface area (Å²) in [5.74, 6) is 0. The Bertz CT molecular complexity index is 616. The van der Waals surface area contributed by atoms with Crippen molar-refractivity contribution in [3.05, 3.63) is 66.2 Å². The van der Waals surface area contributed by atoms with E-state index >= 15 is 0 Å². The summed E-state index contributed by atoms with van der Waals surface area (Å²) in [4.78, 5) is 0. The van der Waals surface area contributed by atoms with Crippen molar-refractivity contribution < 1.29 is 0 Å². The van der Waals surface area contributed by atoms with Crippen molar-refractivity contribution in [2.24, 2.45) is 0 Å². The van der Waals surface area contributed by atoms with Gasteiger partial charge in [0.1, 0.15) is 0 Å². The molecule has 2 aromatic carbocycles. The molecule has 1 nitrogen and oxygen atoms in total. The average Bonchev–Trinajstić information content (AvgIpc) is 2.41. The molecule has 1 N–H and O–H groups in total. The van der Waals surface area contributed by atoms with E-state index in [1.807, 2.05) is 37.4 Å². The zero-order valence-electron chi connectivity index (χ0n) is 10.8. The van der Waals surface area contributed by atoms with Gasteiger partial charge in [-0.25, -0.2) is 0 Å². The van der Waals surface area contributed by atoms with Gasteiger partial charge in [-0.2, -0.15) is 0 Å². The Labute approximate surface area is 147 Å². The minimum Gasteiger partial charge on any atom is -0.313 e. The van der Waals surface area contributed by atoms with E-state index in [0.29, 0.717) is 10.0 Å². The highest BCUT2D eigenvalue weighted by Crippen LogP contribution is 2.29. The highest BCUT2D eigenvalue weighted by molar-refractivity contribution is 14.1. The van der Waals surface area contributed by atoms with Crippen LogP contribution in [0.3, 0.4) is 0 Å². The lowest BCUT2D eigenvalue weighted by Gasteiger charge is -2.19. The Morgan fingerprint density at radius 3 is 2.35 bits per heavy atom. The highest BCUT2D eigenvalue weighted by atomic mass is 127. The van der Waals surface area contributed by atoms with Crippen molar-refractivity contribution >= 4 is 57.4 Å². The second kappa shape index (κ2) is 7.32. The summed E-state index contributed by atoms with van der Waals surface area (Å²) in [6, 6.07) is 11.7. The van der Waals surface area contributed by atoms with Crippen LogP contribution in [0.2, 0.25) is 15.1 Å². The third-order valence-electron chi connectivity index (χ3n) is 3.12. The Morgan fingerprint density at radius 1 is 1.05 bits per heavy atom. The summed E-state index contributed by atoms with van der Waals surface area (Å²) in [6.45, 7) is 0. The maximum absolute atomic E-state index is 6.25. The molecule has 106 valence electrons. The predicted octanol–water partition coefficient (Wildman–Crippen LogP) is 5.75. The van der Waals surface area contributed by atoms with E-state index in [4.69, 9.17) is 34.8 Å². The zero-order chi connectivity index (χ0) is 14.7. The first kappa shape index (κ1) is 16.4. The van der Waals surface area contributed by atoms with Crippen LogP contribution in [0.5, 0.6) is 0 Å². The van der Waals surface area contributed by atoms with Crippen molar-refractivity contribution in [2.45, 2.75) is 12.5 Å². The first-order valence-electron chi connectivity index (χ1n) is 6.07. The Hall–Kier alpha value is -0.000000000000000111. The number of hydrogen-bond donors (Lipinski definition) is 1. The van der Waals surface area contributed by atoms with Gasteiger partial charge in [0.05, 0.1) is 0 Å². The lowest BCUT2D eigenvalue weighted by molar-refractivity contribution is 0.589. The number of hydrogen-bond acceptors (Lipinski definition) is 1. The monoisotopic (exact) mass is 439 g/mol. The van der Waals surface area contributed by atoms with Crippen molar-refractivity contribution in [1.29, 1.82) is 0 Å². The zero-order valence-corrected chi connectivity index (χ0v) is 15.2. The smallest absolute Gasteiger partial charge is 0.0453 e. The fourth-order valence-corrected chi connectivity index (χ4v) is 3.43. The van der Waals surface area contributed by atoms with E-state index < -0.39 is 0 Å². The van der Waals surface area contributed by atoms with Gasteiger partial charge in [0, 0.05) is 24.7 Å². The molecule has 0 aliphatic rings. The molecule has 0 saturated heterocycles. The third kappa shape index (κ3) is 4.01. The van der Waals surface area contributed by atoms with Gasteiger partial charge in [-0.1, -0.05) is 40.9 Å². The average molecular weight is 441 g/mol. The SMILES string of the molecule is CNC(Cc1ccc(Cl)cc1Cl)c1cc(Cl)ccc1I. The molecule has 0 aromatic heterocycles. The molecule has 1 unspecified atom stereocenters. The van der Waals surface area contributed by atoms with Crippen molar-refractivity contribution in [2.75, 3.05) is 7.05 Å². The van der Waals surface area contributed by atoms with Crippen LogP contribution >= 0.6 is 57.4 Å². The largest absolute Gasteiger partial charge is 0.313 e. The van der Waals surface area contributed by atoms with Crippen LogP contribution in [0.4, 0.5) is 0 Å². The Kier molecular flexibility index (Phi) is 5.99. The highest BCUT2D eigenvalue weighted by Gasteiger charge is 2.15. The molecule has 0 heterocycles. The molecule has 0 aliphatic carbocycles. The summed E-state index contributed by atoms with van der Waals surface area (Å²) in [5.41, 5.74) is 2.23. The second-order valence-corrected chi connectivity index (χ2v) is 6.89. The number of benzene rings is 2. The van der Waals surface area contributed by atoms with Gasteiger partial charge in [0.25, 0.3) is 0 Å². The number of halogens is 4. The first-order valence-corrected chi connectivity index (χ1v) is 8.28. The van der Waals surface area contributed by atoms with Crippen LogP contribution in [-0.2, 0) is 6.42 Å². The number of rotatable bonds is 4. The third-order valence-corrected chi connectivity index (χ3v) is 4.93. The van der Waals surface area contributed by atoms with Crippen LogP contribution in [0.25, 0.3) is 0 Å². The van der Waals surface area contributed by atoms with E-state index in [1.165, 1.54) is 9.13 Å².